The summed E-state index contributed by atoms with van der Waals surface area (Å²) in [4.78, 5) is 0.417. The molecule has 0 N–H and O–H groups in total. The minimum absolute atomic E-state index is 0.417. The zero-order valence-corrected chi connectivity index (χ0v) is 8.51. The number of sulfone groups is 1. The van der Waals surface area contributed by atoms with Gasteiger partial charge in [-0.25, -0.2) is 8.42 Å². The first-order chi connectivity index (χ1) is 6.20. The molecular weight excluding hydrogens is 184 g/mol. The van der Waals surface area contributed by atoms with Crippen LogP contribution in [0.2, 0.25) is 0 Å². The molecule has 0 atom stereocenters. The lowest BCUT2D eigenvalue weighted by Crippen LogP contribution is -1.91. The zero-order valence-electron chi connectivity index (χ0n) is 7.69. The number of hydrogen-bond donors (Lipinski definition) is 0. The van der Waals surface area contributed by atoms with Crippen LogP contribution in [0.5, 0.6) is 0 Å². The number of hydrogen-bond acceptors (Lipinski definition) is 2. The third kappa shape index (κ3) is 1.80. The maximum absolute atomic E-state index is 11.2. The van der Waals surface area contributed by atoms with Crippen LogP contribution in [0.4, 0.5) is 0 Å². The molecule has 0 saturated carbocycles. The van der Waals surface area contributed by atoms with Crippen molar-refractivity contribution in [1.29, 1.82) is 0 Å². The Balaban J connectivity index is 0.000000396. The molecule has 2 nitrogen and oxygen atoms in total. The zero-order chi connectivity index (χ0) is 9.90. The molecule has 0 saturated heterocycles. The van der Waals surface area contributed by atoms with Gasteiger partial charge >= 0.3 is 0 Å². The molecule has 0 bridgehead atoms. The van der Waals surface area contributed by atoms with Crippen LogP contribution < -0.4 is 0 Å². The van der Waals surface area contributed by atoms with Gasteiger partial charge in [-0.05, 0) is 17.7 Å². The second kappa shape index (κ2) is 3.75. The van der Waals surface area contributed by atoms with Crippen molar-refractivity contribution in [2.24, 2.45) is 0 Å². The van der Waals surface area contributed by atoms with Gasteiger partial charge in [0.2, 0.25) is 0 Å². The van der Waals surface area contributed by atoms with E-state index in [2.05, 4.69) is 0 Å². The van der Waals surface area contributed by atoms with Crippen molar-refractivity contribution in [3.8, 4) is 0 Å². The molecule has 0 amide bonds. The van der Waals surface area contributed by atoms with E-state index in [9.17, 15) is 8.42 Å². The fourth-order valence-corrected chi connectivity index (χ4v) is 2.32. The van der Waals surface area contributed by atoms with Crippen LogP contribution in [0.1, 0.15) is 19.4 Å². The summed E-state index contributed by atoms with van der Waals surface area (Å²) in [6.45, 7) is 4.00. The van der Waals surface area contributed by atoms with Gasteiger partial charge in [0.15, 0.2) is 9.84 Å². The topological polar surface area (TPSA) is 34.1 Å². The Kier molecular flexibility index (Phi) is 2.88. The first kappa shape index (κ1) is 9.99. The van der Waals surface area contributed by atoms with Gasteiger partial charge in [0.25, 0.3) is 0 Å². The van der Waals surface area contributed by atoms with Gasteiger partial charge in [0.05, 0.1) is 4.90 Å². The predicted octanol–water partition coefficient (Wildman–Crippen LogP) is 2.47. The molecule has 1 aromatic carbocycles. The molecule has 0 unspecified atom stereocenters. The summed E-state index contributed by atoms with van der Waals surface area (Å²) >= 11 is 0. The molecule has 13 heavy (non-hydrogen) atoms. The van der Waals surface area contributed by atoms with Gasteiger partial charge in [0, 0.05) is 5.41 Å². The molecule has 0 aliphatic carbocycles. The number of rotatable bonds is 0. The molecular formula is C10H12O2S. The summed E-state index contributed by atoms with van der Waals surface area (Å²) in [5.41, 5.74) is 0.785. The fourth-order valence-electron chi connectivity index (χ4n) is 1.11. The molecule has 0 spiro atoms. The fraction of sp³-hybridized carbons (Fsp3) is 0.200. The normalized spacial score (nSPS) is 15.8. The van der Waals surface area contributed by atoms with Crippen molar-refractivity contribution in [1.82, 2.24) is 0 Å². The standard InChI is InChI=1S/C8H6O2S.C2H6/c9-11(10)6-5-7-3-1-2-4-8(7)11;1-2/h1-6H;1-2H3. The smallest absolute Gasteiger partial charge is 0.200 e. The van der Waals surface area contributed by atoms with Gasteiger partial charge in [-0.3, -0.25) is 0 Å². The van der Waals surface area contributed by atoms with Crippen molar-refractivity contribution < 1.29 is 8.42 Å². The Morgan fingerprint density at radius 1 is 1.08 bits per heavy atom. The van der Waals surface area contributed by atoms with Gasteiger partial charge < -0.3 is 0 Å². The number of benzene rings is 1. The average molecular weight is 196 g/mol. The van der Waals surface area contributed by atoms with Crippen LogP contribution >= 0.6 is 0 Å². The van der Waals surface area contributed by atoms with E-state index in [-0.39, 0.29) is 0 Å². The van der Waals surface area contributed by atoms with E-state index in [0.29, 0.717) is 4.90 Å². The van der Waals surface area contributed by atoms with Crippen molar-refractivity contribution in [3.05, 3.63) is 35.2 Å². The van der Waals surface area contributed by atoms with Gasteiger partial charge in [-0.2, -0.15) is 0 Å². The van der Waals surface area contributed by atoms with Gasteiger partial charge in [-0.1, -0.05) is 32.0 Å². The lowest BCUT2D eigenvalue weighted by atomic mass is 10.2. The predicted molar refractivity (Wildman–Crippen MR) is 54.0 cm³/mol. The molecule has 0 fully saturated rings. The molecule has 0 aromatic heterocycles. The molecule has 1 aliphatic rings. The third-order valence-corrected chi connectivity index (χ3v) is 3.13. The molecule has 3 heteroatoms. The van der Waals surface area contributed by atoms with Crippen LogP contribution in [0, 0.1) is 0 Å². The van der Waals surface area contributed by atoms with E-state index in [1.165, 1.54) is 5.41 Å². The van der Waals surface area contributed by atoms with Crippen molar-refractivity contribution in [2.45, 2.75) is 18.7 Å². The van der Waals surface area contributed by atoms with E-state index >= 15 is 0 Å². The Labute approximate surface area is 78.8 Å². The monoisotopic (exact) mass is 196 g/mol. The highest BCUT2D eigenvalue weighted by Crippen LogP contribution is 2.25. The molecule has 0 radical (unpaired) electrons. The summed E-state index contributed by atoms with van der Waals surface area (Å²) in [5.74, 6) is 0. The first-order valence-electron chi connectivity index (χ1n) is 4.22. The van der Waals surface area contributed by atoms with Crippen molar-refractivity contribution >= 4 is 15.9 Å². The Bertz CT molecular complexity index is 416. The quantitative estimate of drug-likeness (QED) is 0.638. The highest BCUT2D eigenvalue weighted by molar-refractivity contribution is 7.94. The largest absolute Gasteiger partial charge is 0.219 e. The molecule has 2 rings (SSSR count). The summed E-state index contributed by atoms with van der Waals surface area (Å²) < 4.78 is 22.3. The molecule has 1 heterocycles. The summed E-state index contributed by atoms with van der Waals surface area (Å²) in [7, 11) is -3.09. The van der Waals surface area contributed by atoms with E-state index in [0.717, 1.165) is 5.56 Å². The van der Waals surface area contributed by atoms with E-state index in [4.69, 9.17) is 0 Å². The number of fused-ring (bicyclic) bond motifs is 1. The maximum Gasteiger partial charge on any atom is 0.200 e. The van der Waals surface area contributed by atoms with Crippen LogP contribution in [0.25, 0.3) is 6.08 Å². The molecule has 1 aromatic rings. The van der Waals surface area contributed by atoms with Gasteiger partial charge in [0.1, 0.15) is 0 Å². The van der Waals surface area contributed by atoms with Crippen LogP contribution in [0.3, 0.4) is 0 Å². The van der Waals surface area contributed by atoms with Crippen LogP contribution in [-0.4, -0.2) is 8.42 Å². The van der Waals surface area contributed by atoms with Crippen LogP contribution in [-0.2, 0) is 9.84 Å². The SMILES string of the molecule is CC.O=S1(=O)C=Cc2ccccc21. The maximum atomic E-state index is 11.2. The van der Waals surface area contributed by atoms with Crippen LogP contribution in [0.15, 0.2) is 34.6 Å². The lowest BCUT2D eigenvalue weighted by Gasteiger charge is -1.94. The van der Waals surface area contributed by atoms with E-state index in [1.807, 2.05) is 19.9 Å². The second-order valence-electron chi connectivity index (χ2n) is 2.39. The van der Waals surface area contributed by atoms with E-state index in [1.54, 1.807) is 24.3 Å². The second-order valence-corrected chi connectivity index (χ2v) is 4.19. The molecule has 70 valence electrons. The lowest BCUT2D eigenvalue weighted by molar-refractivity contribution is 0.605. The minimum atomic E-state index is -3.09. The first-order valence-corrected chi connectivity index (χ1v) is 5.77. The highest BCUT2D eigenvalue weighted by Gasteiger charge is 2.18. The Hall–Kier alpha value is -1.09. The Morgan fingerprint density at radius 3 is 2.31 bits per heavy atom. The third-order valence-electron chi connectivity index (χ3n) is 1.65. The average Bonchev–Trinajstić information content (AvgIpc) is 2.47. The van der Waals surface area contributed by atoms with Crippen molar-refractivity contribution in [3.63, 3.8) is 0 Å². The van der Waals surface area contributed by atoms with Crippen molar-refractivity contribution in [2.75, 3.05) is 0 Å². The van der Waals surface area contributed by atoms with E-state index < -0.39 is 9.84 Å². The minimum Gasteiger partial charge on any atom is -0.219 e. The molecule has 1 aliphatic heterocycles. The summed E-state index contributed by atoms with van der Waals surface area (Å²) in [6.07, 6.45) is 1.62. The highest BCUT2D eigenvalue weighted by atomic mass is 32.2. The summed E-state index contributed by atoms with van der Waals surface area (Å²) in [5, 5.41) is 1.23. The van der Waals surface area contributed by atoms with Gasteiger partial charge in [-0.15, -0.1) is 0 Å². The summed E-state index contributed by atoms with van der Waals surface area (Å²) in [6, 6.07) is 6.95. The Morgan fingerprint density at radius 2 is 1.69 bits per heavy atom.